The maximum atomic E-state index is 12.3. The van der Waals surface area contributed by atoms with Gasteiger partial charge in [-0.25, -0.2) is 0 Å². The van der Waals surface area contributed by atoms with Crippen molar-refractivity contribution in [3.05, 3.63) is 53.6 Å². The number of carbonyl (C=O) groups is 2. The van der Waals surface area contributed by atoms with Crippen LogP contribution in [-0.2, 0) is 9.59 Å². The first-order valence-electron chi connectivity index (χ1n) is 8.15. The van der Waals surface area contributed by atoms with Gasteiger partial charge < -0.3 is 15.5 Å². The van der Waals surface area contributed by atoms with Gasteiger partial charge >= 0.3 is 0 Å². The summed E-state index contributed by atoms with van der Waals surface area (Å²) in [6, 6.07) is 14.7. The van der Waals surface area contributed by atoms with Crippen molar-refractivity contribution in [2.75, 3.05) is 29.1 Å². The summed E-state index contributed by atoms with van der Waals surface area (Å²) < 4.78 is 0. The molecule has 2 aromatic carbocycles. The fourth-order valence-electron chi connectivity index (χ4n) is 2.33. The molecule has 2 aromatic rings. The Bertz CT molecular complexity index is 735. The van der Waals surface area contributed by atoms with Gasteiger partial charge in [0.2, 0.25) is 11.8 Å². The predicted octanol–water partition coefficient (Wildman–Crippen LogP) is 4.15. The van der Waals surface area contributed by atoms with E-state index in [2.05, 4.69) is 10.6 Å². The standard InChI is InChI=1S/C19H22ClN3O2/c1-3-7-18(24)21-14-10-11-16(20)17(12-14)22-19(25)13-23(2)15-8-5-4-6-9-15/h4-6,8-12H,3,7,13H2,1-2H3,(H,21,24)(H,22,25). The van der Waals surface area contributed by atoms with Gasteiger partial charge in [-0.3, -0.25) is 9.59 Å². The van der Waals surface area contributed by atoms with Crippen LogP contribution >= 0.6 is 11.6 Å². The van der Waals surface area contributed by atoms with E-state index in [-0.39, 0.29) is 18.4 Å². The lowest BCUT2D eigenvalue weighted by molar-refractivity contribution is -0.116. The fraction of sp³-hybridized carbons (Fsp3) is 0.263. The molecule has 0 fully saturated rings. The normalized spacial score (nSPS) is 10.2. The Labute approximate surface area is 153 Å². The molecule has 0 aliphatic rings. The third-order valence-corrected chi connectivity index (χ3v) is 3.91. The van der Waals surface area contributed by atoms with Crippen LogP contribution in [0.5, 0.6) is 0 Å². The van der Waals surface area contributed by atoms with E-state index in [9.17, 15) is 9.59 Å². The highest BCUT2D eigenvalue weighted by Gasteiger charge is 2.11. The maximum Gasteiger partial charge on any atom is 0.243 e. The van der Waals surface area contributed by atoms with Crippen LogP contribution in [-0.4, -0.2) is 25.4 Å². The third-order valence-electron chi connectivity index (χ3n) is 3.58. The molecule has 0 aliphatic heterocycles. The number of nitrogens with one attached hydrogen (secondary N) is 2. The van der Waals surface area contributed by atoms with Gasteiger partial charge in [0.1, 0.15) is 0 Å². The van der Waals surface area contributed by atoms with Crippen molar-refractivity contribution in [2.24, 2.45) is 0 Å². The number of para-hydroxylation sites is 1. The summed E-state index contributed by atoms with van der Waals surface area (Å²) in [6.07, 6.45) is 1.22. The fourth-order valence-corrected chi connectivity index (χ4v) is 2.49. The average molecular weight is 360 g/mol. The molecule has 0 atom stereocenters. The lowest BCUT2D eigenvalue weighted by Gasteiger charge is -2.19. The van der Waals surface area contributed by atoms with Crippen LogP contribution < -0.4 is 15.5 Å². The molecule has 0 radical (unpaired) electrons. The monoisotopic (exact) mass is 359 g/mol. The zero-order valence-corrected chi connectivity index (χ0v) is 15.1. The number of hydrogen-bond donors (Lipinski definition) is 2. The summed E-state index contributed by atoms with van der Waals surface area (Å²) in [5.41, 5.74) is 2.03. The van der Waals surface area contributed by atoms with Crippen LogP contribution in [0.15, 0.2) is 48.5 Å². The second-order valence-corrected chi connectivity index (χ2v) is 6.14. The van der Waals surface area contributed by atoms with Gasteiger partial charge in [-0.2, -0.15) is 0 Å². The van der Waals surface area contributed by atoms with Crippen molar-refractivity contribution in [2.45, 2.75) is 19.8 Å². The minimum absolute atomic E-state index is 0.0640. The lowest BCUT2D eigenvalue weighted by atomic mass is 10.2. The summed E-state index contributed by atoms with van der Waals surface area (Å²) in [7, 11) is 1.85. The SMILES string of the molecule is CCCC(=O)Nc1ccc(Cl)c(NC(=O)CN(C)c2ccccc2)c1. The van der Waals surface area contributed by atoms with Crippen LogP contribution in [0, 0.1) is 0 Å². The van der Waals surface area contributed by atoms with Crippen molar-refractivity contribution in [3.63, 3.8) is 0 Å². The number of rotatable bonds is 7. The zero-order valence-electron chi connectivity index (χ0n) is 14.4. The van der Waals surface area contributed by atoms with Crippen molar-refractivity contribution < 1.29 is 9.59 Å². The second-order valence-electron chi connectivity index (χ2n) is 5.73. The molecule has 2 amide bonds. The number of nitrogens with zero attached hydrogens (tertiary/aromatic N) is 1. The molecular weight excluding hydrogens is 338 g/mol. The first-order valence-corrected chi connectivity index (χ1v) is 8.53. The molecule has 2 rings (SSSR count). The summed E-state index contributed by atoms with van der Waals surface area (Å²) in [6.45, 7) is 2.13. The molecular formula is C19H22ClN3O2. The van der Waals surface area contributed by atoms with Gasteiger partial charge in [0.15, 0.2) is 0 Å². The van der Waals surface area contributed by atoms with Gasteiger partial charge in [-0.1, -0.05) is 36.7 Å². The van der Waals surface area contributed by atoms with Crippen LogP contribution in [0.4, 0.5) is 17.1 Å². The summed E-state index contributed by atoms with van der Waals surface area (Å²) in [4.78, 5) is 25.8. The van der Waals surface area contributed by atoms with Gasteiger partial charge in [0, 0.05) is 24.8 Å². The Hall–Kier alpha value is -2.53. The average Bonchev–Trinajstić information content (AvgIpc) is 2.58. The molecule has 0 spiro atoms. The number of halogens is 1. The van der Waals surface area contributed by atoms with E-state index in [4.69, 9.17) is 11.6 Å². The third kappa shape index (κ3) is 5.80. The minimum atomic E-state index is -0.190. The van der Waals surface area contributed by atoms with Crippen LogP contribution in [0.3, 0.4) is 0 Å². The van der Waals surface area contributed by atoms with Crippen LogP contribution in [0.2, 0.25) is 5.02 Å². The lowest BCUT2D eigenvalue weighted by Crippen LogP contribution is -2.30. The highest BCUT2D eigenvalue weighted by atomic mass is 35.5. The smallest absolute Gasteiger partial charge is 0.243 e. The molecule has 0 saturated heterocycles. The Morgan fingerprint density at radius 2 is 1.76 bits per heavy atom. The minimum Gasteiger partial charge on any atom is -0.365 e. The predicted molar refractivity (Wildman–Crippen MR) is 103 cm³/mol. The van der Waals surface area contributed by atoms with Crippen molar-refractivity contribution in [1.29, 1.82) is 0 Å². The van der Waals surface area contributed by atoms with E-state index in [1.807, 2.05) is 49.2 Å². The first kappa shape index (κ1) is 18.8. The molecule has 132 valence electrons. The quantitative estimate of drug-likeness (QED) is 0.780. The Kier molecular flexibility index (Phi) is 6.83. The van der Waals surface area contributed by atoms with E-state index in [1.165, 1.54) is 0 Å². The molecule has 0 aromatic heterocycles. The first-order chi connectivity index (χ1) is 12.0. The number of anilines is 3. The molecule has 6 heteroatoms. The highest BCUT2D eigenvalue weighted by molar-refractivity contribution is 6.33. The van der Waals surface area contributed by atoms with E-state index in [0.717, 1.165) is 12.1 Å². The van der Waals surface area contributed by atoms with Crippen molar-refractivity contribution >= 4 is 40.5 Å². The van der Waals surface area contributed by atoms with Gasteiger partial charge in [0.25, 0.3) is 0 Å². The molecule has 5 nitrogen and oxygen atoms in total. The van der Waals surface area contributed by atoms with Gasteiger partial charge in [-0.05, 0) is 36.8 Å². The number of likely N-dealkylation sites (N-methyl/N-ethyl adjacent to an activating group) is 1. The van der Waals surface area contributed by atoms with Crippen LogP contribution in [0.1, 0.15) is 19.8 Å². The number of amides is 2. The molecule has 25 heavy (non-hydrogen) atoms. The molecule has 0 aliphatic carbocycles. The number of carbonyl (C=O) groups excluding carboxylic acids is 2. The number of hydrogen-bond acceptors (Lipinski definition) is 3. The summed E-state index contributed by atoms with van der Waals surface area (Å²) in [5, 5.41) is 6.00. The zero-order chi connectivity index (χ0) is 18.2. The summed E-state index contributed by atoms with van der Waals surface area (Å²) in [5.74, 6) is -0.254. The van der Waals surface area contributed by atoms with Gasteiger partial charge in [-0.15, -0.1) is 0 Å². The van der Waals surface area contributed by atoms with E-state index in [1.54, 1.807) is 18.2 Å². The maximum absolute atomic E-state index is 12.3. The Morgan fingerprint density at radius 1 is 1.04 bits per heavy atom. The van der Waals surface area contributed by atoms with E-state index < -0.39 is 0 Å². The Balaban J connectivity index is 2.01. The Morgan fingerprint density at radius 3 is 2.44 bits per heavy atom. The molecule has 0 saturated carbocycles. The summed E-state index contributed by atoms with van der Waals surface area (Å²) >= 11 is 6.15. The van der Waals surface area contributed by atoms with Gasteiger partial charge in [0.05, 0.1) is 17.3 Å². The highest BCUT2D eigenvalue weighted by Crippen LogP contribution is 2.26. The van der Waals surface area contributed by atoms with E-state index >= 15 is 0 Å². The molecule has 0 heterocycles. The largest absolute Gasteiger partial charge is 0.365 e. The second kappa shape index (κ2) is 9.08. The van der Waals surface area contributed by atoms with Crippen molar-refractivity contribution in [1.82, 2.24) is 0 Å². The molecule has 2 N–H and O–H groups in total. The van der Waals surface area contributed by atoms with E-state index in [0.29, 0.717) is 22.8 Å². The van der Waals surface area contributed by atoms with Crippen LogP contribution in [0.25, 0.3) is 0 Å². The molecule has 0 bridgehead atoms. The number of benzene rings is 2. The topological polar surface area (TPSA) is 61.4 Å². The molecule has 0 unspecified atom stereocenters. The van der Waals surface area contributed by atoms with Crippen molar-refractivity contribution in [3.8, 4) is 0 Å².